The first-order chi connectivity index (χ1) is 13.0. The molecule has 4 nitrogen and oxygen atoms in total. The number of hydrogen-bond acceptors (Lipinski definition) is 3. The summed E-state index contributed by atoms with van der Waals surface area (Å²) in [5.74, 6) is 0.0572. The number of alkyl halides is 3. The van der Waals surface area contributed by atoms with Crippen LogP contribution in [0.5, 0.6) is 0 Å². The van der Waals surface area contributed by atoms with Crippen molar-refractivity contribution in [3.8, 4) is 0 Å². The molecule has 1 N–H and O–H groups in total. The maximum atomic E-state index is 13.7. The molecule has 7 heteroatoms. The molecule has 3 rings (SSSR count). The normalized spacial score (nSPS) is 21.0. The van der Waals surface area contributed by atoms with Crippen LogP contribution < -0.4 is 5.32 Å². The number of hydrogen-bond donors (Lipinski definition) is 1. The number of ketones is 1. The van der Waals surface area contributed by atoms with Gasteiger partial charge in [0.25, 0.3) is 0 Å². The first kappa shape index (κ1) is 20.4. The number of fused-ring (bicyclic) bond motifs is 1. The van der Waals surface area contributed by atoms with E-state index in [1.165, 1.54) is 6.20 Å². The predicted octanol–water partition coefficient (Wildman–Crippen LogP) is 5.80. The number of rotatable bonds is 4. The van der Waals surface area contributed by atoms with Crippen LogP contribution in [0.3, 0.4) is 0 Å². The Bertz CT molecular complexity index is 837. The molecule has 2 heterocycles. The van der Waals surface area contributed by atoms with Gasteiger partial charge in [-0.2, -0.15) is 18.3 Å². The van der Waals surface area contributed by atoms with Crippen molar-refractivity contribution in [3.63, 3.8) is 0 Å². The maximum Gasteiger partial charge on any atom is 0.410 e. The largest absolute Gasteiger partial charge is 0.410 e. The Hall–Kier alpha value is -2.31. The highest BCUT2D eigenvalue weighted by Gasteiger charge is 2.47. The van der Waals surface area contributed by atoms with E-state index in [9.17, 15) is 18.0 Å². The van der Waals surface area contributed by atoms with Crippen LogP contribution >= 0.6 is 0 Å². The summed E-state index contributed by atoms with van der Waals surface area (Å²) in [6.07, 6.45) is -3.09. The number of nitrogens with one attached hydrogen (secondary N) is 1. The number of aromatic nitrogens is 2. The summed E-state index contributed by atoms with van der Waals surface area (Å²) in [6, 6.07) is 6.69. The highest BCUT2D eigenvalue weighted by Crippen LogP contribution is 2.44. The molecule has 1 aromatic heterocycles. The molecule has 0 radical (unpaired) electrons. The molecule has 0 fully saturated rings. The molecule has 0 saturated carbocycles. The molecule has 0 spiro atoms. The van der Waals surface area contributed by atoms with Crippen LogP contribution in [-0.2, 0) is 0 Å². The lowest BCUT2D eigenvalue weighted by molar-refractivity contribution is -0.173. The summed E-state index contributed by atoms with van der Waals surface area (Å²) in [4.78, 5) is 12.9. The molecule has 152 valence electrons. The van der Waals surface area contributed by atoms with Crippen molar-refractivity contribution in [3.05, 3.63) is 47.7 Å². The number of halogens is 3. The van der Waals surface area contributed by atoms with Crippen LogP contribution in [0.25, 0.3) is 0 Å². The Labute approximate surface area is 163 Å². The van der Waals surface area contributed by atoms with E-state index in [1.54, 1.807) is 24.3 Å². The molecule has 0 aliphatic carbocycles. The van der Waals surface area contributed by atoms with Crippen LogP contribution in [0.15, 0.2) is 36.5 Å². The fourth-order valence-corrected chi connectivity index (χ4v) is 3.36. The van der Waals surface area contributed by atoms with E-state index in [-0.39, 0.29) is 41.3 Å². The molecule has 3 atom stereocenters. The van der Waals surface area contributed by atoms with Gasteiger partial charge in [0, 0.05) is 12.8 Å². The minimum Gasteiger partial charge on any atom is -0.363 e. The molecular weight excluding hydrogens is 367 g/mol. The second-order valence-corrected chi connectivity index (χ2v) is 8.65. The molecule has 1 aliphatic heterocycles. The Balaban J connectivity index is 1.96. The molecule has 2 aromatic rings. The third-order valence-corrected chi connectivity index (χ3v) is 5.71. The van der Waals surface area contributed by atoms with Crippen molar-refractivity contribution in [2.75, 3.05) is 5.32 Å². The molecule has 1 aromatic carbocycles. The van der Waals surface area contributed by atoms with Crippen molar-refractivity contribution in [1.29, 1.82) is 0 Å². The summed E-state index contributed by atoms with van der Waals surface area (Å²) in [5.41, 5.74) is 0.911. The fraction of sp³-hybridized carbons (Fsp3) is 0.524. The molecule has 28 heavy (non-hydrogen) atoms. The Morgan fingerprint density at radius 1 is 1.25 bits per heavy atom. The predicted molar refractivity (Wildman–Crippen MR) is 102 cm³/mol. The number of carbonyl (C=O) groups excluding carboxylic acids is 1. The van der Waals surface area contributed by atoms with Gasteiger partial charge in [-0.05, 0) is 16.9 Å². The van der Waals surface area contributed by atoms with Crippen LogP contribution in [0.1, 0.15) is 68.5 Å². The summed E-state index contributed by atoms with van der Waals surface area (Å²) < 4.78 is 42.1. The third-order valence-electron chi connectivity index (χ3n) is 5.71. The quantitative estimate of drug-likeness (QED) is 0.668. The van der Waals surface area contributed by atoms with Gasteiger partial charge in [0.05, 0.1) is 17.8 Å². The van der Waals surface area contributed by atoms with Crippen LogP contribution in [0.4, 0.5) is 19.0 Å². The molecule has 0 amide bonds. The van der Waals surface area contributed by atoms with E-state index in [0.717, 1.165) is 10.2 Å². The van der Waals surface area contributed by atoms with Crippen molar-refractivity contribution in [1.82, 2.24) is 9.78 Å². The third kappa shape index (κ3) is 4.08. The van der Waals surface area contributed by atoms with Crippen molar-refractivity contribution >= 4 is 11.6 Å². The van der Waals surface area contributed by atoms with Crippen LogP contribution in [0.2, 0.25) is 0 Å². The number of carbonyl (C=O) groups is 1. The number of benzene rings is 1. The second-order valence-electron chi connectivity index (χ2n) is 8.65. The van der Waals surface area contributed by atoms with E-state index < -0.39 is 18.3 Å². The molecule has 0 bridgehead atoms. The average Bonchev–Trinajstić information content (AvgIpc) is 3.03. The minimum absolute atomic E-state index is 0.0720. The first-order valence-corrected chi connectivity index (χ1v) is 9.47. The topological polar surface area (TPSA) is 46.9 Å². The van der Waals surface area contributed by atoms with Gasteiger partial charge in [-0.1, -0.05) is 58.0 Å². The number of Topliss-reactive ketones (excluding diaryl/α,β-unsaturated/α-hetero) is 1. The smallest absolute Gasteiger partial charge is 0.363 e. The van der Waals surface area contributed by atoms with Gasteiger partial charge in [0.15, 0.2) is 11.8 Å². The lowest BCUT2D eigenvalue weighted by Crippen LogP contribution is -2.36. The van der Waals surface area contributed by atoms with Crippen LogP contribution in [0, 0.1) is 11.3 Å². The van der Waals surface area contributed by atoms with Crippen molar-refractivity contribution in [2.45, 2.75) is 58.8 Å². The van der Waals surface area contributed by atoms with Gasteiger partial charge in [-0.25, -0.2) is 4.68 Å². The van der Waals surface area contributed by atoms with E-state index in [2.05, 4.69) is 10.4 Å². The highest BCUT2D eigenvalue weighted by atomic mass is 19.4. The SMILES string of the molecule is CC(CC(=O)c1cnn2c1NC(c1ccccc1)CC2C(F)(F)F)C(C)(C)C. The van der Waals surface area contributed by atoms with Gasteiger partial charge in [-0.15, -0.1) is 0 Å². The van der Waals surface area contributed by atoms with E-state index in [4.69, 9.17) is 0 Å². The van der Waals surface area contributed by atoms with E-state index in [0.29, 0.717) is 0 Å². The van der Waals surface area contributed by atoms with Crippen LogP contribution in [-0.4, -0.2) is 21.7 Å². The minimum atomic E-state index is -4.45. The zero-order valence-corrected chi connectivity index (χ0v) is 16.5. The molecular formula is C21H26F3N3O. The standard InChI is InChI=1S/C21H26F3N3O/c1-13(20(2,3)4)10-17(28)15-12-25-27-18(21(22,23)24)11-16(26-19(15)27)14-8-6-5-7-9-14/h5-9,12-13,16,18,26H,10-11H2,1-4H3. The van der Waals surface area contributed by atoms with Crippen molar-refractivity contribution in [2.24, 2.45) is 11.3 Å². The van der Waals surface area contributed by atoms with Gasteiger partial charge >= 0.3 is 6.18 Å². The van der Waals surface area contributed by atoms with Gasteiger partial charge in [0.2, 0.25) is 0 Å². The number of anilines is 1. The second kappa shape index (κ2) is 7.26. The average molecular weight is 393 g/mol. The van der Waals surface area contributed by atoms with E-state index >= 15 is 0 Å². The maximum absolute atomic E-state index is 13.7. The lowest BCUT2D eigenvalue weighted by atomic mass is 9.78. The summed E-state index contributed by atoms with van der Waals surface area (Å²) in [6.45, 7) is 8.11. The van der Waals surface area contributed by atoms with Crippen molar-refractivity contribution < 1.29 is 18.0 Å². The van der Waals surface area contributed by atoms with Gasteiger partial charge < -0.3 is 5.32 Å². The number of nitrogens with zero attached hydrogens (tertiary/aromatic N) is 2. The molecule has 3 unspecified atom stereocenters. The zero-order valence-electron chi connectivity index (χ0n) is 16.5. The summed E-state index contributed by atoms with van der Waals surface area (Å²) in [7, 11) is 0. The molecule has 1 aliphatic rings. The Kier molecular flexibility index (Phi) is 5.30. The molecule has 0 saturated heterocycles. The Morgan fingerprint density at radius 3 is 2.46 bits per heavy atom. The zero-order chi connectivity index (χ0) is 20.7. The monoisotopic (exact) mass is 393 g/mol. The fourth-order valence-electron chi connectivity index (χ4n) is 3.36. The van der Waals surface area contributed by atoms with Gasteiger partial charge in [0.1, 0.15) is 5.82 Å². The summed E-state index contributed by atoms with van der Waals surface area (Å²) in [5, 5.41) is 7.07. The highest BCUT2D eigenvalue weighted by molar-refractivity contribution is 6.00. The summed E-state index contributed by atoms with van der Waals surface area (Å²) >= 11 is 0. The Morgan fingerprint density at radius 2 is 1.89 bits per heavy atom. The first-order valence-electron chi connectivity index (χ1n) is 9.47. The van der Waals surface area contributed by atoms with Gasteiger partial charge in [-0.3, -0.25) is 4.79 Å². The van der Waals surface area contributed by atoms with E-state index in [1.807, 2.05) is 33.8 Å². The lowest BCUT2D eigenvalue weighted by Gasteiger charge is -2.34.